The molecule has 1 amide bonds. The minimum Gasteiger partial charge on any atom is -0.381 e. The zero-order valence-corrected chi connectivity index (χ0v) is 13.9. The second kappa shape index (κ2) is 8.11. The van der Waals surface area contributed by atoms with Crippen LogP contribution in [0.25, 0.3) is 0 Å². The number of ether oxygens (including phenoxy) is 1. The second-order valence-corrected chi connectivity index (χ2v) is 6.62. The SMILES string of the molecule is CCOCC1CCN(C(=O)CN2CC[C@H](N(C)C)C2)CC1. The van der Waals surface area contributed by atoms with Crippen molar-refractivity contribution in [3.05, 3.63) is 0 Å². The first kappa shape index (κ1) is 16.7. The summed E-state index contributed by atoms with van der Waals surface area (Å²) in [4.78, 5) is 19.0. The number of piperidine rings is 1. The highest BCUT2D eigenvalue weighted by molar-refractivity contribution is 5.78. The average molecular weight is 297 g/mol. The van der Waals surface area contributed by atoms with E-state index in [2.05, 4.69) is 23.9 Å². The van der Waals surface area contributed by atoms with Gasteiger partial charge in [0.2, 0.25) is 5.91 Å². The van der Waals surface area contributed by atoms with Gasteiger partial charge in [0.15, 0.2) is 0 Å². The summed E-state index contributed by atoms with van der Waals surface area (Å²) in [6, 6.07) is 0.606. The first-order valence-electron chi connectivity index (χ1n) is 8.34. The van der Waals surface area contributed by atoms with Gasteiger partial charge in [-0.15, -0.1) is 0 Å². The maximum Gasteiger partial charge on any atom is 0.236 e. The summed E-state index contributed by atoms with van der Waals surface area (Å²) in [5, 5.41) is 0. The van der Waals surface area contributed by atoms with Crippen LogP contribution in [0.4, 0.5) is 0 Å². The van der Waals surface area contributed by atoms with Crippen molar-refractivity contribution in [1.29, 1.82) is 0 Å². The molecule has 0 aromatic carbocycles. The minimum atomic E-state index is 0.310. The van der Waals surface area contributed by atoms with E-state index in [9.17, 15) is 4.79 Å². The van der Waals surface area contributed by atoms with Crippen molar-refractivity contribution < 1.29 is 9.53 Å². The topological polar surface area (TPSA) is 36.0 Å². The van der Waals surface area contributed by atoms with Gasteiger partial charge in [0.05, 0.1) is 6.54 Å². The summed E-state index contributed by atoms with van der Waals surface area (Å²) in [5.41, 5.74) is 0. The van der Waals surface area contributed by atoms with Crippen molar-refractivity contribution in [2.24, 2.45) is 5.92 Å². The van der Waals surface area contributed by atoms with E-state index in [0.29, 0.717) is 24.4 Å². The quantitative estimate of drug-likeness (QED) is 0.730. The van der Waals surface area contributed by atoms with Crippen molar-refractivity contribution in [3.63, 3.8) is 0 Å². The molecule has 2 heterocycles. The lowest BCUT2D eigenvalue weighted by Gasteiger charge is -2.33. The van der Waals surface area contributed by atoms with Gasteiger partial charge >= 0.3 is 0 Å². The maximum atomic E-state index is 12.4. The Hall–Kier alpha value is -0.650. The predicted octanol–water partition coefficient (Wildman–Crippen LogP) is 0.897. The van der Waals surface area contributed by atoms with Crippen LogP contribution in [0, 0.1) is 5.92 Å². The standard InChI is InChI=1S/C16H31N3O2/c1-4-21-13-14-5-9-19(10-6-14)16(20)12-18-8-7-15(11-18)17(2)3/h14-15H,4-13H2,1-3H3/t15-/m0/s1. The molecule has 0 N–H and O–H groups in total. The van der Waals surface area contributed by atoms with E-state index in [-0.39, 0.29) is 0 Å². The number of amides is 1. The van der Waals surface area contributed by atoms with Crippen LogP contribution in [-0.4, -0.2) is 86.7 Å². The van der Waals surface area contributed by atoms with Gasteiger partial charge < -0.3 is 14.5 Å². The molecule has 122 valence electrons. The van der Waals surface area contributed by atoms with Crippen LogP contribution in [0.2, 0.25) is 0 Å². The number of rotatable bonds is 6. The number of likely N-dealkylation sites (tertiary alicyclic amines) is 2. The van der Waals surface area contributed by atoms with Crippen molar-refractivity contribution in [2.45, 2.75) is 32.2 Å². The van der Waals surface area contributed by atoms with Gasteiger partial charge in [-0.05, 0) is 46.2 Å². The third-order valence-electron chi connectivity index (χ3n) is 4.86. The number of likely N-dealkylation sites (N-methyl/N-ethyl adjacent to an activating group) is 1. The molecule has 0 aromatic rings. The number of carbonyl (C=O) groups is 1. The molecular weight excluding hydrogens is 266 g/mol. The molecular formula is C16H31N3O2. The maximum absolute atomic E-state index is 12.4. The largest absolute Gasteiger partial charge is 0.381 e. The number of hydrogen-bond donors (Lipinski definition) is 0. The molecule has 2 rings (SSSR count). The molecule has 2 aliphatic heterocycles. The third-order valence-corrected chi connectivity index (χ3v) is 4.86. The lowest BCUT2D eigenvalue weighted by Crippen LogP contribution is -2.44. The zero-order chi connectivity index (χ0) is 15.2. The summed E-state index contributed by atoms with van der Waals surface area (Å²) in [6.07, 6.45) is 3.36. The molecule has 0 unspecified atom stereocenters. The van der Waals surface area contributed by atoms with Crippen molar-refractivity contribution in [3.8, 4) is 0 Å². The van der Waals surface area contributed by atoms with E-state index in [1.54, 1.807) is 0 Å². The van der Waals surface area contributed by atoms with Crippen LogP contribution in [0.1, 0.15) is 26.2 Å². The minimum absolute atomic E-state index is 0.310. The first-order valence-corrected chi connectivity index (χ1v) is 8.34. The Labute approximate surface area is 129 Å². The molecule has 0 saturated carbocycles. The molecule has 2 saturated heterocycles. The van der Waals surface area contributed by atoms with Crippen LogP contribution in [0.3, 0.4) is 0 Å². The Kier molecular flexibility index (Phi) is 6.45. The van der Waals surface area contributed by atoms with E-state index in [4.69, 9.17) is 4.74 Å². The van der Waals surface area contributed by atoms with Crippen LogP contribution in [-0.2, 0) is 9.53 Å². The average Bonchev–Trinajstić information content (AvgIpc) is 2.94. The van der Waals surface area contributed by atoms with E-state index >= 15 is 0 Å². The Bertz CT molecular complexity index is 327. The highest BCUT2D eigenvalue weighted by Gasteiger charge is 2.28. The fourth-order valence-corrected chi connectivity index (χ4v) is 3.30. The molecule has 5 nitrogen and oxygen atoms in total. The highest BCUT2D eigenvalue weighted by Crippen LogP contribution is 2.19. The van der Waals surface area contributed by atoms with Crippen molar-refractivity contribution >= 4 is 5.91 Å². The van der Waals surface area contributed by atoms with Gasteiger partial charge in [-0.2, -0.15) is 0 Å². The van der Waals surface area contributed by atoms with E-state index in [0.717, 1.165) is 52.2 Å². The summed E-state index contributed by atoms with van der Waals surface area (Å²) in [6.45, 7) is 8.17. The number of nitrogens with zero attached hydrogens (tertiary/aromatic N) is 3. The molecule has 2 fully saturated rings. The highest BCUT2D eigenvalue weighted by atomic mass is 16.5. The van der Waals surface area contributed by atoms with Gasteiger partial charge in [0, 0.05) is 45.4 Å². The monoisotopic (exact) mass is 297 g/mol. The second-order valence-electron chi connectivity index (χ2n) is 6.62. The third kappa shape index (κ3) is 4.94. The molecule has 21 heavy (non-hydrogen) atoms. The van der Waals surface area contributed by atoms with Crippen LogP contribution in [0.5, 0.6) is 0 Å². The lowest BCUT2D eigenvalue weighted by molar-refractivity contribution is -0.133. The Balaban J connectivity index is 1.68. The summed E-state index contributed by atoms with van der Waals surface area (Å²) in [7, 11) is 4.25. The molecule has 2 aliphatic rings. The van der Waals surface area contributed by atoms with E-state index < -0.39 is 0 Å². The van der Waals surface area contributed by atoms with E-state index in [1.807, 2.05) is 11.8 Å². The van der Waals surface area contributed by atoms with Gasteiger partial charge in [0.1, 0.15) is 0 Å². The Morgan fingerprint density at radius 1 is 1.19 bits per heavy atom. The zero-order valence-electron chi connectivity index (χ0n) is 13.9. The predicted molar refractivity (Wildman–Crippen MR) is 84.3 cm³/mol. The summed E-state index contributed by atoms with van der Waals surface area (Å²) in [5.74, 6) is 0.947. The Morgan fingerprint density at radius 2 is 1.90 bits per heavy atom. The molecule has 0 radical (unpaired) electrons. The fourth-order valence-electron chi connectivity index (χ4n) is 3.30. The Morgan fingerprint density at radius 3 is 2.48 bits per heavy atom. The van der Waals surface area contributed by atoms with Crippen molar-refractivity contribution in [2.75, 3.05) is 60.0 Å². The van der Waals surface area contributed by atoms with E-state index in [1.165, 1.54) is 6.42 Å². The lowest BCUT2D eigenvalue weighted by atomic mass is 9.98. The molecule has 0 spiro atoms. The number of carbonyl (C=O) groups excluding carboxylic acids is 1. The van der Waals surface area contributed by atoms with Gasteiger partial charge in [-0.3, -0.25) is 9.69 Å². The fraction of sp³-hybridized carbons (Fsp3) is 0.938. The molecule has 0 aromatic heterocycles. The molecule has 1 atom stereocenters. The van der Waals surface area contributed by atoms with Gasteiger partial charge in [-0.1, -0.05) is 0 Å². The van der Waals surface area contributed by atoms with Crippen LogP contribution < -0.4 is 0 Å². The van der Waals surface area contributed by atoms with Crippen LogP contribution in [0.15, 0.2) is 0 Å². The summed E-state index contributed by atoms with van der Waals surface area (Å²) < 4.78 is 5.49. The normalized spacial score (nSPS) is 25.0. The first-order chi connectivity index (χ1) is 10.1. The molecule has 0 aliphatic carbocycles. The summed E-state index contributed by atoms with van der Waals surface area (Å²) >= 11 is 0. The van der Waals surface area contributed by atoms with Gasteiger partial charge in [-0.25, -0.2) is 0 Å². The van der Waals surface area contributed by atoms with Crippen LogP contribution >= 0.6 is 0 Å². The number of hydrogen-bond acceptors (Lipinski definition) is 4. The van der Waals surface area contributed by atoms with Crippen molar-refractivity contribution in [1.82, 2.24) is 14.7 Å². The van der Waals surface area contributed by atoms with Gasteiger partial charge in [0.25, 0.3) is 0 Å². The smallest absolute Gasteiger partial charge is 0.236 e. The molecule has 5 heteroatoms. The molecule has 0 bridgehead atoms.